The van der Waals surface area contributed by atoms with Gasteiger partial charge in [0.2, 0.25) is 16.0 Å². The minimum absolute atomic E-state index is 0.0594. The second kappa shape index (κ2) is 6.88. The van der Waals surface area contributed by atoms with Crippen molar-refractivity contribution in [2.75, 3.05) is 36.8 Å². The molecule has 7 nitrogen and oxygen atoms in total. The van der Waals surface area contributed by atoms with E-state index in [1.54, 1.807) is 4.90 Å². The molecule has 3 fully saturated rings. The van der Waals surface area contributed by atoms with Gasteiger partial charge in [-0.2, -0.15) is 17.5 Å². The lowest BCUT2D eigenvalue weighted by molar-refractivity contribution is -0.138. The van der Waals surface area contributed by atoms with E-state index < -0.39 is 27.2 Å². The highest BCUT2D eigenvalue weighted by atomic mass is 32.2. The predicted octanol–water partition coefficient (Wildman–Crippen LogP) is 2.34. The average Bonchev–Trinajstić information content (AvgIpc) is 3.01. The van der Waals surface area contributed by atoms with Crippen molar-refractivity contribution in [3.8, 4) is 0 Å². The van der Waals surface area contributed by atoms with Gasteiger partial charge in [-0.25, -0.2) is 18.4 Å². The van der Waals surface area contributed by atoms with Gasteiger partial charge >= 0.3 is 6.18 Å². The molecule has 3 aliphatic rings. The van der Waals surface area contributed by atoms with Gasteiger partial charge in [-0.1, -0.05) is 13.8 Å². The Bertz CT molecular complexity index is 941. The third-order valence-corrected chi connectivity index (χ3v) is 9.46. The number of rotatable bonds is 4. The topological polar surface area (TPSA) is 83.5 Å². The number of halogens is 3. The number of hydrogen-bond acceptors (Lipinski definition) is 6. The maximum atomic E-state index is 13.2. The number of hydrogen-bond donors (Lipinski definition) is 0. The molecule has 0 unspecified atom stereocenters. The van der Waals surface area contributed by atoms with Gasteiger partial charge in [-0.3, -0.25) is 4.79 Å². The Hall–Kier alpha value is -1.75. The first-order chi connectivity index (χ1) is 13.9. The van der Waals surface area contributed by atoms with E-state index in [9.17, 15) is 26.4 Å². The van der Waals surface area contributed by atoms with Crippen LogP contribution in [0.25, 0.3) is 0 Å². The molecule has 1 aliphatic heterocycles. The van der Waals surface area contributed by atoms with Crippen LogP contribution in [-0.4, -0.2) is 60.4 Å². The van der Waals surface area contributed by atoms with Crippen LogP contribution in [0.4, 0.5) is 19.1 Å². The maximum absolute atomic E-state index is 13.2. The summed E-state index contributed by atoms with van der Waals surface area (Å²) in [5.41, 5.74) is -2.07. The number of Topliss-reactive ketones (excluding diaryl/α,β-unsaturated/α-hetero) is 1. The molecule has 4 rings (SSSR count). The zero-order valence-corrected chi connectivity index (χ0v) is 17.8. The van der Waals surface area contributed by atoms with Crippen LogP contribution in [0, 0.1) is 16.7 Å². The molecule has 166 valence electrons. The molecule has 2 atom stereocenters. The standard InChI is InChI=1S/C19H25F3N4O3S/c1-17(2)13-3-4-18(17,15(27)9-13)12-30(28,29)26-7-5-25(6-8-26)16-23-10-14(11-24-16)19(20,21)22/h10-11,13H,3-9,12H2,1-2H3/t13-,18+/m1/s1. The molecule has 0 spiro atoms. The van der Waals surface area contributed by atoms with Crippen molar-refractivity contribution in [2.24, 2.45) is 16.7 Å². The molecular formula is C19H25F3N4O3S. The Labute approximate surface area is 173 Å². The fraction of sp³-hybridized carbons (Fsp3) is 0.737. The van der Waals surface area contributed by atoms with E-state index in [0.29, 0.717) is 12.8 Å². The molecule has 0 N–H and O–H groups in total. The van der Waals surface area contributed by atoms with E-state index in [1.165, 1.54) is 4.31 Å². The van der Waals surface area contributed by atoms with Gasteiger partial charge in [-0.05, 0) is 24.2 Å². The molecule has 11 heteroatoms. The van der Waals surface area contributed by atoms with Crippen molar-refractivity contribution >= 4 is 21.8 Å². The van der Waals surface area contributed by atoms with Gasteiger partial charge < -0.3 is 4.90 Å². The van der Waals surface area contributed by atoms with Crippen molar-refractivity contribution in [3.63, 3.8) is 0 Å². The first kappa shape index (κ1) is 21.5. The molecule has 2 bridgehead atoms. The third kappa shape index (κ3) is 3.30. The Balaban J connectivity index is 1.43. The number of anilines is 1. The van der Waals surface area contributed by atoms with Crippen LogP contribution in [0.1, 0.15) is 38.7 Å². The zero-order chi connectivity index (χ0) is 21.9. The van der Waals surface area contributed by atoms with Gasteiger partial charge in [0, 0.05) is 50.4 Å². The van der Waals surface area contributed by atoms with E-state index in [0.717, 1.165) is 18.8 Å². The summed E-state index contributed by atoms with van der Waals surface area (Å²) >= 11 is 0. The highest BCUT2D eigenvalue weighted by Gasteiger charge is 2.65. The van der Waals surface area contributed by atoms with Gasteiger partial charge in [0.25, 0.3) is 0 Å². The lowest BCUT2D eigenvalue weighted by atomic mass is 9.70. The molecule has 30 heavy (non-hydrogen) atoms. The molecule has 1 aromatic heterocycles. The maximum Gasteiger partial charge on any atom is 0.419 e. The van der Waals surface area contributed by atoms with E-state index >= 15 is 0 Å². The largest absolute Gasteiger partial charge is 0.419 e. The molecule has 1 aromatic rings. The summed E-state index contributed by atoms with van der Waals surface area (Å²) in [7, 11) is -3.65. The highest BCUT2D eigenvalue weighted by molar-refractivity contribution is 7.89. The molecule has 1 saturated heterocycles. The van der Waals surface area contributed by atoms with Gasteiger partial charge in [0.05, 0.1) is 11.3 Å². The number of fused-ring (bicyclic) bond motifs is 2. The first-order valence-corrected chi connectivity index (χ1v) is 11.6. The summed E-state index contributed by atoms with van der Waals surface area (Å²) in [6.07, 6.45) is -1.09. The Kier molecular flexibility index (Phi) is 4.92. The lowest BCUT2D eigenvalue weighted by Gasteiger charge is -2.39. The SMILES string of the molecule is CC1(C)[C@@H]2CC[C@]1(CS(=O)(=O)N1CCN(c3ncc(C(F)(F)F)cn3)CC1)C(=O)C2. The number of ketones is 1. The normalized spacial score (nSPS) is 29.6. The quantitative estimate of drug-likeness (QED) is 0.706. The van der Waals surface area contributed by atoms with Gasteiger partial charge in [-0.15, -0.1) is 0 Å². The van der Waals surface area contributed by atoms with Crippen LogP contribution >= 0.6 is 0 Å². The number of nitrogens with zero attached hydrogens (tertiary/aromatic N) is 4. The van der Waals surface area contributed by atoms with E-state index in [-0.39, 0.29) is 55.0 Å². The number of alkyl halides is 3. The summed E-state index contributed by atoms with van der Waals surface area (Å²) in [4.78, 5) is 21.9. The summed E-state index contributed by atoms with van der Waals surface area (Å²) in [6, 6.07) is 0. The molecular weight excluding hydrogens is 421 g/mol. The van der Waals surface area contributed by atoms with Crippen molar-refractivity contribution in [1.29, 1.82) is 0 Å². The van der Waals surface area contributed by atoms with E-state index in [4.69, 9.17) is 0 Å². The van der Waals surface area contributed by atoms with Crippen molar-refractivity contribution in [3.05, 3.63) is 18.0 Å². The second-order valence-electron chi connectivity index (χ2n) is 9.08. The predicted molar refractivity (Wildman–Crippen MR) is 103 cm³/mol. The van der Waals surface area contributed by atoms with Gasteiger partial charge in [0.1, 0.15) is 5.78 Å². The highest BCUT2D eigenvalue weighted by Crippen LogP contribution is 2.64. The average molecular weight is 446 g/mol. The lowest BCUT2D eigenvalue weighted by Crippen LogP contribution is -2.53. The van der Waals surface area contributed by atoms with E-state index in [2.05, 4.69) is 9.97 Å². The minimum atomic E-state index is -4.50. The summed E-state index contributed by atoms with van der Waals surface area (Å²) < 4.78 is 65.7. The van der Waals surface area contributed by atoms with Crippen LogP contribution in [0.3, 0.4) is 0 Å². The molecule has 0 radical (unpaired) electrons. The fourth-order valence-corrected chi connectivity index (χ4v) is 7.51. The molecule has 0 amide bonds. The van der Waals surface area contributed by atoms with Crippen LogP contribution in [0.5, 0.6) is 0 Å². The summed E-state index contributed by atoms with van der Waals surface area (Å²) in [5, 5.41) is 0. The van der Waals surface area contributed by atoms with Crippen molar-refractivity contribution in [1.82, 2.24) is 14.3 Å². The third-order valence-electron chi connectivity index (χ3n) is 7.45. The number of piperazine rings is 1. The fourth-order valence-electron chi connectivity index (χ4n) is 5.31. The van der Waals surface area contributed by atoms with Crippen molar-refractivity contribution in [2.45, 2.75) is 39.3 Å². The molecule has 2 saturated carbocycles. The van der Waals surface area contributed by atoms with Crippen LogP contribution in [-0.2, 0) is 21.0 Å². The monoisotopic (exact) mass is 446 g/mol. The number of sulfonamides is 1. The molecule has 2 aliphatic carbocycles. The van der Waals surface area contributed by atoms with Crippen LogP contribution < -0.4 is 4.90 Å². The minimum Gasteiger partial charge on any atom is -0.338 e. The van der Waals surface area contributed by atoms with Crippen LogP contribution in [0.2, 0.25) is 0 Å². The molecule has 2 heterocycles. The summed E-state index contributed by atoms with van der Waals surface area (Å²) in [5.74, 6) is 0.279. The Morgan fingerprint density at radius 2 is 1.73 bits per heavy atom. The summed E-state index contributed by atoms with van der Waals surface area (Å²) in [6.45, 7) is 4.92. The smallest absolute Gasteiger partial charge is 0.338 e. The van der Waals surface area contributed by atoms with Crippen LogP contribution in [0.15, 0.2) is 12.4 Å². The van der Waals surface area contributed by atoms with E-state index in [1.807, 2.05) is 13.8 Å². The second-order valence-corrected chi connectivity index (χ2v) is 11.0. The Morgan fingerprint density at radius 1 is 1.13 bits per heavy atom. The Morgan fingerprint density at radius 3 is 2.20 bits per heavy atom. The number of carbonyl (C=O) groups excluding carboxylic acids is 1. The van der Waals surface area contributed by atoms with Crippen molar-refractivity contribution < 1.29 is 26.4 Å². The first-order valence-electron chi connectivity index (χ1n) is 10.0. The molecule has 0 aromatic carbocycles. The zero-order valence-electron chi connectivity index (χ0n) is 16.9. The number of aromatic nitrogens is 2. The van der Waals surface area contributed by atoms with Gasteiger partial charge in [0.15, 0.2) is 0 Å². The number of carbonyl (C=O) groups is 1.